The Morgan fingerprint density at radius 1 is 1.06 bits per heavy atom. The largest absolute Gasteiger partial charge is 0.325 e. The van der Waals surface area contributed by atoms with Crippen molar-refractivity contribution in [3.8, 4) is 0 Å². The second kappa shape index (κ2) is 10.5. The molecule has 1 heterocycles. The number of amides is 1. The van der Waals surface area contributed by atoms with Gasteiger partial charge in [0.25, 0.3) is 0 Å². The van der Waals surface area contributed by atoms with Crippen LogP contribution in [0.25, 0.3) is 0 Å². The summed E-state index contributed by atoms with van der Waals surface area (Å²) >= 11 is 1.33. The van der Waals surface area contributed by atoms with Gasteiger partial charge in [-0.3, -0.25) is 4.79 Å². The van der Waals surface area contributed by atoms with E-state index in [9.17, 15) is 13.2 Å². The number of nitrogens with one attached hydrogen (secondary N) is 2. The quantitative estimate of drug-likeness (QED) is 0.378. The van der Waals surface area contributed by atoms with Crippen LogP contribution in [0.4, 0.5) is 5.69 Å². The number of rotatable bonds is 9. The number of carbonyl (C=O) groups excluding carboxylic acids is 1. The summed E-state index contributed by atoms with van der Waals surface area (Å²) in [6.45, 7) is 3.96. The SMILES string of the molecule is Cc1cc(SC(C)C(=O)Nc2ccc(S(=O)(=O)NCCc3ccccc3)cc2)ncn1. The number of carbonyl (C=O) groups is 1. The number of anilines is 1. The molecular weight excluding hydrogens is 432 g/mol. The molecule has 0 aliphatic heterocycles. The van der Waals surface area contributed by atoms with Crippen LogP contribution in [-0.2, 0) is 21.2 Å². The van der Waals surface area contributed by atoms with Crippen molar-refractivity contribution in [3.05, 3.63) is 78.2 Å². The lowest BCUT2D eigenvalue weighted by Gasteiger charge is -2.12. The smallest absolute Gasteiger partial charge is 0.240 e. The third-order valence-corrected chi connectivity index (χ3v) is 6.94. The Hall–Kier alpha value is -2.75. The second-order valence-electron chi connectivity index (χ2n) is 6.90. The first-order chi connectivity index (χ1) is 14.8. The standard InChI is InChI=1S/C22H24N4O3S2/c1-16-14-21(24-15-23-16)30-17(2)22(27)26-19-8-10-20(11-9-19)31(28,29)25-13-12-18-6-4-3-5-7-18/h3-11,14-15,17,25H,12-13H2,1-2H3,(H,26,27). The summed E-state index contributed by atoms with van der Waals surface area (Å²) in [5.74, 6) is -0.196. The molecule has 1 atom stereocenters. The van der Waals surface area contributed by atoms with Gasteiger partial charge < -0.3 is 5.32 Å². The van der Waals surface area contributed by atoms with Gasteiger partial charge in [0.1, 0.15) is 11.4 Å². The Kier molecular flexibility index (Phi) is 7.78. The van der Waals surface area contributed by atoms with Crippen LogP contribution >= 0.6 is 11.8 Å². The van der Waals surface area contributed by atoms with E-state index in [2.05, 4.69) is 20.0 Å². The van der Waals surface area contributed by atoms with E-state index in [1.54, 1.807) is 19.1 Å². The van der Waals surface area contributed by atoms with E-state index in [0.29, 0.717) is 18.7 Å². The summed E-state index contributed by atoms with van der Waals surface area (Å²) in [5, 5.41) is 3.14. The number of nitrogens with zero attached hydrogens (tertiary/aromatic N) is 2. The normalized spacial score (nSPS) is 12.3. The van der Waals surface area contributed by atoms with Crippen molar-refractivity contribution in [3.63, 3.8) is 0 Å². The predicted octanol–water partition coefficient (Wildman–Crippen LogP) is 3.43. The number of aromatic nitrogens is 2. The minimum absolute atomic E-state index is 0.150. The minimum atomic E-state index is -3.62. The van der Waals surface area contributed by atoms with E-state index in [-0.39, 0.29) is 16.1 Å². The molecule has 162 valence electrons. The summed E-state index contributed by atoms with van der Waals surface area (Å²) < 4.78 is 27.6. The molecular formula is C22H24N4O3S2. The van der Waals surface area contributed by atoms with Crippen LogP contribution in [0.15, 0.2) is 76.9 Å². The van der Waals surface area contributed by atoms with Crippen molar-refractivity contribution in [1.82, 2.24) is 14.7 Å². The molecule has 3 rings (SSSR count). The van der Waals surface area contributed by atoms with Gasteiger partial charge in [-0.15, -0.1) is 0 Å². The van der Waals surface area contributed by atoms with Crippen molar-refractivity contribution in [2.75, 3.05) is 11.9 Å². The van der Waals surface area contributed by atoms with Crippen LogP contribution in [-0.4, -0.2) is 36.1 Å². The van der Waals surface area contributed by atoms with Gasteiger partial charge in [-0.05, 0) is 56.2 Å². The highest BCUT2D eigenvalue weighted by atomic mass is 32.2. The highest BCUT2D eigenvalue weighted by Crippen LogP contribution is 2.22. The number of aryl methyl sites for hydroxylation is 1. The molecule has 1 amide bonds. The zero-order valence-corrected chi connectivity index (χ0v) is 18.9. The van der Waals surface area contributed by atoms with Gasteiger partial charge in [0.15, 0.2) is 0 Å². The molecule has 0 fully saturated rings. The summed E-state index contributed by atoms with van der Waals surface area (Å²) in [5.41, 5.74) is 2.42. The van der Waals surface area contributed by atoms with Gasteiger partial charge >= 0.3 is 0 Å². The van der Waals surface area contributed by atoms with Gasteiger partial charge in [0, 0.05) is 17.9 Å². The molecule has 1 unspecified atom stereocenters. The summed E-state index contributed by atoms with van der Waals surface area (Å²) in [6.07, 6.45) is 2.07. The molecule has 0 aliphatic carbocycles. The van der Waals surface area contributed by atoms with E-state index in [1.807, 2.05) is 43.3 Å². The molecule has 2 N–H and O–H groups in total. The van der Waals surface area contributed by atoms with Gasteiger partial charge in [0.2, 0.25) is 15.9 Å². The predicted molar refractivity (Wildman–Crippen MR) is 122 cm³/mol. The number of thioether (sulfide) groups is 1. The van der Waals surface area contributed by atoms with Crippen LogP contribution in [0, 0.1) is 6.92 Å². The molecule has 0 spiro atoms. The zero-order chi connectivity index (χ0) is 22.3. The first-order valence-corrected chi connectivity index (χ1v) is 12.1. The molecule has 0 aliphatic rings. The summed E-state index contributed by atoms with van der Waals surface area (Å²) in [4.78, 5) is 20.8. The molecule has 0 bridgehead atoms. The third-order valence-electron chi connectivity index (χ3n) is 4.43. The Morgan fingerprint density at radius 3 is 2.45 bits per heavy atom. The fourth-order valence-electron chi connectivity index (χ4n) is 2.75. The van der Waals surface area contributed by atoms with E-state index < -0.39 is 10.0 Å². The van der Waals surface area contributed by atoms with Crippen LogP contribution in [0.5, 0.6) is 0 Å². The maximum atomic E-state index is 12.5. The molecule has 1 aromatic heterocycles. The first-order valence-electron chi connectivity index (χ1n) is 9.73. The van der Waals surface area contributed by atoms with Crippen molar-refractivity contribution < 1.29 is 13.2 Å². The van der Waals surface area contributed by atoms with E-state index >= 15 is 0 Å². The van der Waals surface area contributed by atoms with Gasteiger partial charge in [-0.1, -0.05) is 42.1 Å². The number of hydrogen-bond donors (Lipinski definition) is 2. The van der Waals surface area contributed by atoms with Crippen molar-refractivity contribution in [2.24, 2.45) is 0 Å². The monoisotopic (exact) mass is 456 g/mol. The Morgan fingerprint density at radius 2 is 1.77 bits per heavy atom. The minimum Gasteiger partial charge on any atom is -0.325 e. The highest BCUT2D eigenvalue weighted by molar-refractivity contribution is 8.00. The number of benzene rings is 2. The fourth-order valence-corrected chi connectivity index (χ4v) is 4.65. The van der Waals surface area contributed by atoms with Gasteiger partial charge in [-0.25, -0.2) is 23.1 Å². The third kappa shape index (κ3) is 6.88. The highest BCUT2D eigenvalue weighted by Gasteiger charge is 2.17. The molecule has 0 radical (unpaired) electrons. The summed E-state index contributed by atoms with van der Waals surface area (Å²) in [6, 6.07) is 17.6. The maximum Gasteiger partial charge on any atom is 0.240 e. The van der Waals surface area contributed by atoms with Gasteiger partial charge in [-0.2, -0.15) is 0 Å². The molecule has 7 nitrogen and oxygen atoms in total. The lowest BCUT2D eigenvalue weighted by atomic mass is 10.2. The van der Waals surface area contributed by atoms with E-state index in [1.165, 1.54) is 30.2 Å². The van der Waals surface area contributed by atoms with Crippen molar-refractivity contribution >= 4 is 33.4 Å². The maximum absolute atomic E-state index is 12.5. The molecule has 0 saturated carbocycles. The average Bonchev–Trinajstić information content (AvgIpc) is 2.75. The summed E-state index contributed by atoms with van der Waals surface area (Å²) in [7, 11) is -3.62. The van der Waals surface area contributed by atoms with E-state index in [4.69, 9.17) is 0 Å². The molecule has 0 saturated heterocycles. The number of sulfonamides is 1. The Balaban J connectivity index is 1.54. The van der Waals surface area contributed by atoms with E-state index in [0.717, 1.165) is 16.3 Å². The average molecular weight is 457 g/mol. The van der Waals surface area contributed by atoms with Crippen molar-refractivity contribution in [2.45, 2.75) is 35.4 Å². The zero-order valence-electron chi connectivity index (χ0n) is 17.3. The van der Waals surface area contributed by atoms with Gasteiger partial charge in [0.05, 0.1) is 10.1 Å². The Labute approximate surface area is 186 Å². The topological polar surface area (TPSA) is 101 Å². The Bertz CT molecular complexity index is 1120. The van der Waals surface area contributed by atoms with Crippen LogP contribution < -0.4 is 10.0 Å². The van der Waals surface area contributed by atoms with Crippen LogP contribution in [0.3, 0.4) is 0 Å². The van der Waals surface area contributed by atoms with Crippen molar-refractivity contribution in [1.29, 1.82) is 0 Å². The van der Waals surface area contributed by atoms with Crippen LogP contribution in [0.2, 0.25) is 0 Å². The molecule has 9 heteroatoms. The second-order valence-corrected chi connectivity index (χ2v) is 10.0. The fraction of sp³-hybridized carbons (Fsp3) is 0.227. The first kappa shape index (κ1) is 22.9. The molecule has 3 aromatic rings. The molecule has 2 aromatic carbocycles. The number of hydrogen-bond acceptors (Lipinski definition) is 6. The lowest BCUT2D eigenvalue weighted by Crippen LogP contribution is -2.26. The molecule has 31 heavy (non-hydrogen) atoms. The van der Waals surface area contributed by atoms with Crippen LogP contribution in [0.1, 0.15) is 18.2 Å². The lowest BCUT2D eigenvalue weighted by molar-refractivity contribution is -0.115.